The highest BCUT2D eigenvalue weighted by Gasteiger charge is 2.18. The Morgan fingerprint density at radius 1 is 1.29 bits per heavy atom. The fourth-order valence-electron chi connectivity index (χ4n) is 1.63. The molecule has 0 aliphatic carbocycles. The van der Waals surface area contributed by atoms with Crippen molar-refractivity contribution in [3.63, 3.8) is 0 Å². The van der Waals surface area contributed by atoms with Crippen LogP contribution in [-0.4, -0.2) is 22.3 Å². The van der Waals surface area contributed by atoms with E-state index in [1.807, 2.05) is 12.1 Å². The van der Waals surface area contributed by atoms with Crippen molar-refractivity contribution < 1.29 is 15.0 Å². The molecule has 2 N–H and O–H groups in total. The third-order valence-corrected chi connectivity index (χ3v) is 2.53. The number of aliphatic carboxylic acids is 1. The summed E-state index contributed by atoms with van der Waals surface area (Å²) in [5.41, 5.74) is 2.07. The van der Waals surface area contributed by atoms with Crippen molar-refractivity contribution in [2.75, 3.05) is 0 Å². The minimum absolute atomic E-state index is 0.216. The van der Waals surface area contributed by atoms with Crippen LogP contribution in [0.1, 0.15) is 25.0 Å². The van der Waals surface area contributed by atoms with Crippen LogP contribution in [0.5, 0.6) is 0 Å². The van der Waals surface area contributed by atoms with Gasteiger partial charge in [0.1, 0.15) is 0 Å². The fourth-order valence-corrected chi connectivity index (χ4v) is 1.63. The molecule has 92 valence electrons. The minimum Gasteiger partial charge on any atom is -0.479 e. The van der Waals surface area contributed by atoms with E-state index in [0.717, 1.165) is 6.42 Å². The van der Waals surface area contributed by atoms with Gasteiger partial charge in [0.2, 0.25) is 0 Å². The fraction of sp³-hybridized carbons (Fsp3) is 0.357. The van der Waals surface area contributed by atoms with Gasteiger partial charge in [-0.2, -0.15) is 0 Å². The maximum absolute atomic E-state index is 10.6. The largest absolute Gasteiger partial charge is 0.479 e. The first-order valence-corrected chi connectivity index (χ1v) is 5.60. The van der Waals surface area contributed by atoms with Crippen molar-refractivity contribution in [2.24, 2.45) is 5.92 Å². The zero-order chi connectivity index (χ0) is 13.0. The van der Waals surface area contributed by atoms with Crippen LogP contribution in [0.3, 0.4) is 0 Å². The van der Waals surface area contributed by atoms with Crippen LogP contribution in [-0.2, 0) is 11.2 Å². The van der Waals surface area contributed by atoms with E-state index in [9.17, 15) is 9.90 Å². The number of carboxylic acids is 1. The molecule has 3 nitrogen and oxygen atoms in total. The molecule has 0 heterocycles. The van der Waals surface area contributed by atoms with Crippen LogP contribution in [0.4, 0.5) is 0 Å². The zero-order valence-corrected chi connectivity index (χ0v) is 10.2. The van der Waals surface area contributed by atoms with Crippen molar-refractivity contribution in [1.82, 2.24) is 0 Å². The van der Waals surface area contributed by atoms with Crippen molar-refractivity contribution >= 4 is 11.5 Å². The average molecular weight is 234 g/mol. The van der Waals surface area contributed by atoms with E-state index in [1.165, 1.54) is 5.56 Å². The molecule has 0 fully saturated rings. The Balaban J connectivity index is 2.80. The second-order valence-corrected chi connectivity index (χ2v) is 4.56. The van der Waals surface area contributed by atoms with Crippen molar-refractivity contribution in [3.8, 4) is 0 Å². The summed E-state index contributed by atoms with van der Waals surface area (Å²) in [4.78, 5) is 10.6. The van der Waals surface area contributed by atoms with E-state index < -0.39 is 12.1 Å². The number of aliphatic hydroxyl groups excluding tert-OH is 1. The summed E-state index contributed by atoms with van der Waals surface area (Å²) in [5.74, 6) is -0.699. The van der Waals surface area contributed by atoms with Gasteiger partial charge in [0, 0.05) is 0 Å². The smallest absolute Gasteiger partial charge is 0.337 e. The Morgan fingerprint density at radius 3 is 2.24 bits per heavy atom. The van der Waals surface area contributed by atoms with Gasteiger partial charge in [0.15, 0.2) is 6.10 Å². The highest BCUT2D eigenvalue weighted by atomic mass is 16.4. The second-order valence-electron chi connectivity index (χ2n) is 4.56. The summed E-state index contributed by atoms with van der Waals surface area (Å²) in [6.45, 7) is 7.89. The first-order chi connectivity index (χ1) is 7.91. The standard InChI is InChI=1S/C14H18O3/c1-9(2)8-11-4-6-12(7-5-11)10(3)13(15)14(16)17/h4-7,9,13,15H,3,8H2,1-2H3,(H,16,17). The Labute approximate surface area is 101 Å². The summed E-state index contributed by atoms with van der Waals surface area (Å²) >= 11 is 0. The molecule has 1 aromatic rings. The summed E-state index contributed by atoms with van der Waals surface area (Å²) in [6.07, 6.45) is -0.556. The molecule has 1 atom stereocenters. The van der Waals surface area contributed by atoms with E-state index in [4.69, 9.17) is 5.11 Å². The Bertz CT molecular complexity index is 404. The molecule has 0 saturated carbocycles. The molecule has 0 bridgehead atoms. The molecule has 3 heteroatoms. The number of hydrogen-bond acceptors (Lipinski definition) is 2. The zero-order valence-electron chi connectivity index (χ0n) is 10.2. The lowest BCUT2D eigenvalue weighted by atomic mass is 9.97. The van der Waals surface area contributed by atoms with Crippen LogP contribution in [0.25, 0.3) is 5.57 Å². The number of aliphatic hydroxyl groups is 1. The highest BCUT2D eigenvalue weighted by Crippen LogP contribution is 2.18. The Morgan fingerprint density at radius 2 is 1.82 bits per heavy atom. The first-order valence-electron chi connectivity index (χ1n) is 5.60. The predicted octanol–water partition coefficient (Wildman–Crippen LogP) is 2.34. The van der Waals surface area contributed by atoms with Crippen LogP contribution >= 0.6 is 0 Å². The van der Waals surface area contributed by atoms with Gasteiger partial charge in [-0.1, -0.05) is 44.7 Å². The predicted molar refractivity (Wildman–Crippen MR) is 67.7 cm³/mol. The maximum Gasteiger partial charge on any atom is 0.337 e. The van der Waals surface area contributed by atoms with Gasteiger partial charge in [-0.05, 0) is 29.0 Å². The second kappa shape index (κ2) is 5.64. The molecule has 1 unspecified atom stereocenters. The molecule has 17 heavy (non-hydrogen) atoms. The number of hydrogen-bond donors (Lipinski definition) is 2. The first kappa shape index (κ1) is 13.5. The van der Waals surface area contributed by atoms with Crippen LogP contribution in [0, 0.1) is 5.92 Å². The SMILES string of the molecule is C=C(c1ccc(CC(C)C)cc1)C(O)C(=O)O. The van der Waals surface area contributed by atoms with E-state index in [2.05, 4.69) is 20.4 Å². The number of carbonyl (C=O) groups is 1. The summed E-state index contributed by atoms with van der Waals surface area (Å²) < 4.78 is 0. The molecule has 0 spiro atoms. The molecular weight excluding hydrogens is 216 g/mol. The Hall–Kier alpha value is -1.61. The van der Waals surface area contributed by atoms with Gasteiger partial charge < -0.3 is 10.2 Å². The van der Waals surface area contributed by atoms with Gasteiger partial charge in [0.05, 0.1) is 0 Å². The summed E-state index contributed by atoms with van der Waals surface area (Å²) in [6, 6.07) is 7.47. The lowest BCUT2D eigenvalue weighted by Gasteiger charge is -2.11. The molecule has 0 aromatic heterocycles. The highest BCUT2D eigenvalue weighted by molar-refractivity contribution is 5.88. The van der Waals surface area contributed by atoms with Crippen LogP contribution in [0.15, 0.2) is 30.8 Å². The van der Waals surface area contributed by atoms with Crippen LogP contribution < -0.4 is 0 Å². The van der Waals surface area contributed by atoms with E-state index >= 15 is 0 Å². The quantitative estimate of drug-likeness (QED) is 0.822. The maximum atomic E-state index is 10.6. The topological polar surface area (TPSA) is 57.5 Å². The summed E-state index contributed by atoms with van der Waals surface area (Å²) in [5, 5.41) is 18.0. The van der Waals surface area contributed by atoms with Crippen molar-refractivity contribution in [3.05, 3.63) is 42.0 Å². The third-order valence-electron chi connectivity index (χ3n) is 2.53. The third kappa shape index (κ3) is 3.71. The lowest BCUT2D eigenvalue weighted by Crippen LogP contribution is -2.20. The number of rotatable bonds is 5. The van der Waals surface area contributed by atoms with Gasteiger partial charge >= 0.3 is 5.97 Å². The van der Waals surface area contributed by atoms with E-state index in [-0.39, 0.29) is 5.57 Å². The molecule has 0 radical (unpaired) electrons. The molecule has 0 saturated heterocycles. The van der Waals surface area contributed by atoms with Gasteiger partial charge in [-0.15, -0.1) is 0 Å². The molecule has 1 aromatic carbocycles. The van der Waals surface area contributed by atoms with Gasteiger partial charge in [0.25, 0.3) is 0 Å². The van der Waals surface area contributed by atoms with E-state index in [0.29, 0.717) is 11.5 Å². The average Bonchev–Trinajstić information content (AvgIpc) is 2.27. The monoisotopic (exact) mass is 234 g/mol. The molecule has 0 aliphatic heterocycles. The summed E-state index contributed by atoms with van der Waals surface area (Å²) in [7, 11) is 0. The van der Waals surface area contributed by atoms with Gasteiger partial charge in [-0.3, -0.25) is 0 Å². The van der Waals surface area contributed by atoms with Gasteiger partial charge in [-0.25, -0.2) is 4.79 Å². The molecule has 0 aliphatic rings. The Kier molecular flexibility index (Phi) is 4.46. The molecular formula is C14H18O3. The lowest BCUT2D eigenvalue weighted by molar-refractivity contribution is -0.143. The van der Waals surface area contributed by atoms with Crippen LogP contribution in [0.2, 0.25) is 0 Å². The number of carboxylic acid groups (broad SMARTS) is 1. The van der Waals surface area contributed by atoms with Crippen molar-refractivity contribution in [2.45, 2.75) is 26.4 Å². The normalized spacial score (nSPS) is 12.5. The van der Waals surface area contributed by atoms with E-state index in [1.54, 1.807) is 12.1 Å². The molecule has 1 rings (SSSR count). The molecule has 0 amide bonds. The number of benzene rings is 1. The van der Waals surface area contributed by atoms with Crippen molar-refractivity contribution in [1.29, 1.82) is 0 Å². The minimum atomic E-state index is -1.54.